The number of fused-ring (bicyclic) bond motifs is 8. The van der Waals surface area contributed by atoms with Crippen LogP contribution in [0.2, 0.25) is 0 Å². The van der Waals surface area contributed by atoms with Gasteiger partial charge < -0.3 is 4.40 Å². The van der Waals surface area contributed by atoms with E-state index in [4.69, 9.17) is 0 Å². The third-order valence-electron chi connectivity index (χ3n) is 9.76. The first kappa shape index (κ1) is 24.7. The highest BCUT2D eigenvalue weighted by atomic mass is 14.9. The average Bonchev–Trinajstić information content (AvgIpc) is 3.53. The summed E-state index contributed by atoms with van der Waals surface area (Å²) in [5.41, 5.74) is 13.3. The number of hydrogen-bond donors (Lipinski definition) is 0. The van der Waals surface area contributed by atoms with Gasteiger partial charge >= 0.3 is 0 Å². The van der Waals surface area contributed by atoms with Crippen LogP contribution in [0, 0.1) is 5.92 Å². The smallest absolute Gasteiger partial charge is 0.0620 e. The van der Waals surface area contributed by atoms with E-state index < -0.39 is 0 Å². The number of benzene rings is 6. The molecule has 0 bridgehead atoms. The maximum Gasteiger partial charge on any atom is 0.0620 e. The second-order valence-electron chi connectivity index (χ2n) is 12.9. The van der Waals surface area contributed by atoms with Gasteiger partial charge in [0.25, 0.3) is 0 Å². The molecule has 206 valence electrons. The molecule has 1 aliphatic rings. The Balaban J connectivity index is 1.43. The fourth-order valence-electron chi connectivity index (χ4n) is 7.62. The third-order valence-corrected chi connectivity index (χ3v) is 9.76. The van der Waals surface area contributed by atoms with Crippen molar-refractivity contribution in [2.75, 3.05) is 0 Å². The molecule has 0 aliphatic heterocycles. The lowest BCUT2D eigenvalue weighted by Gasteiger charge is -2.17. The normalized spacial score (nSPS) is 15.1. The van der Waals surface area contributed by atoms with Crippen molar-refractivity contribution in [1.29, 1.82) is 0 Å². The number of rotatable bonds is 3. The van der Waals surface area contributed by atoms with Gasteiger partial charge in [-0.3, -0.25) is 0 Å². The first-order valence-corrected chi connectivity index (χ1v) is 15.6. The van der Waals surface area contributed by atoms with Crippen LogP contribution in [0.3, 0.4) is 0 Å². The van der Waals surface area contributed by atoms with Crippen molar-refractivity contribution in [2.24, 2.45) is 5.92 Å². The lowest BCUT2D eigenvalue weighted by molar-refractivity contribution is 0.718. The highest BCUT2D eigenvalue weighted by Crippen LogP contribution is 2.45. The summed E-state index contributed by atoms with van der Waals surface area (Å²) in [5.74, 6) is 0.985. The first-order valence-electron chi connectivity index (χ1n) is 15.6. The van der Waals surface area contributed by atoms with Gasteiger partial charge in [0.15, 0.2) is 0 Å². The summed E-state index contributed by atoms with van der Waals surface area (Å²) in [5, 5.41) is 7.94. The summed E-state index contributed by atoms with van der Waals surface area (Å²) in [4.78, 5) is 0. The molecular weight excluding hydrogens is 518 g/mol. The second kappa shape index (κ2) is 9.06. The van der Waals surface area contributed by atoms with Crippen LogP contribution < -0.4 is 0 Å². The molecule has 43 heavy (non-hydrogen) atoms. The molecule has 1 aliphatic carbocycles. The number of allylic oxidation sites excluding steroid dienone is 1. The second-order valence-corrected chi connectivity index (χ2v) is 12.9. The van der Waals surface area contributed by atoms with Gasteiger partial charge in [-0.2, -0.15) is 0 Å². The number of nitrogens with zero attached hydrogens (tertiary/aromatic N) is 1. The van der Waals surface area contributed by atoms with Crippen molar-refractivity contribution in [2.45, 2.75) is 33.1 Å². The Morgan fingerprint density at radius 2 is 1.33 bits per heavy atom. The minimum absolute atomic E-state index is 0.417. The predicted molar refractivity (Wildman–Crippen MR) is 185 cm³/mol. The Bertz CT molecular complexity index is 2400. The van der Waals surface area contributed by atoms with Crippen LogP contribution in [-0.4, -0.2) is 4.40 Å². The van der Waals surface area contributed by atoms with Crippen LogP contribution in [0.4, 0.5) is 0 Å². The number of aromatic nitrogens is 1. The molecule has 0 fully saturated rings. The van der Waals surface area contributed by atoms with Crippen LogP contribution in [0.25, 0.3) is 77.2 Å². The van der Waals surface area contributed by atoms with Crippen molar-refractivity contribution < 1.29 is 0 Å². The van der Waals surface area contributed by atoms with E-state index in [1.165, 1.54) is 87.8 Å². The molecule has 2 heterocycles. The lowest BCUT2D eigenvalue weighted by atomic mass is 9.87. The molecule has 6 aromatic carbocycles. The molecular formula is C42H33N. The maximum absolute atomic E-state index is 2.55. The van der Waals surface area contributed by atoms with Gasteiger partial charge in [0, 0.05) is 21.5 Å². The van der Waals surface area contributed by atoms with E-state index in [2.05, 4.69) is 147 Å². The highest BCUT2D eigenvalue weighted by molar-refractivity contribution is 6.26. The Hall–Kier alpha value is -4.88. The summed E-state index contributed by atoms with van der Waals surface area (Å²) in [6, 6.07) is 41.3. The minimum atomic E-state index is 0.417. The molecule has 0 amide bonds. The van der Waals surface area contributed by atoms with E-state index in [0.29, 0.717) is 11.8 Å². The zero-order valence-electron chi connectivity index (χ0n) is 24.9. The molecule has 1 atom stereocenters. The quantitative estimate of drug-likeness (QED) is 0.206. The average molecular weight is 552 g/mol. The molecule has 2 aromatic heterocycles. The highest BCUT2D eigenvalue weighted by Gasteiger charge is 2.23. The number of hydrogen-bond acceptors (Lipinski definition) is 0. The molecule has 8 aromatic rings. The van der Waals surface area contributed by atoms with Crippen molar-refractivity contribution in [3.05, 3.63) is 132 Å². The standard InChI is InChI=1S/C42H33N/c1-25(2)34-16-15-30(27-9-5-4-6-10-27)18-35(34)33-21-38-36-19-28-11-7-8-12-29(28)23-40(36)43-41-24-32-17-26(3)13-14-31(32)20-37(41)39(22-33)42(38)43/h4-16,18-26H,17H2,1-3H3. The summed E-state index contributed by atoms with van der Waals surface area (Å²) in [6.45, 7) is 6.94. The molecule has 1 unspecified atom stereocenters. The molecule has 1 heteroatoms. The molecule has 0 radical (unpaired) electrons. The fourth-order valence-corrected chi connectivity index (χ4v) is 7.62. The van der Waals surface area contributed by atoms with Gasteiger partial charge in [-0.15, -0.1) is 0 Å². The largest absolute Gasteiger partial charge is 0.308 e. The van der Waals surface area contributed by atoms with Crippen LogP contribution in [0.15, 0.2) is 115 Å². The van der Waals surface area contributed by atoms with Crippen LogP contribution in [-0.2, 0) is 6.42 Å². The van der Waals surface area contributed by atoms with E-state index >= 15 is 0 Å². The van der Waals surface area contributed by atoms with E-state index in [9.17, 15) is 0 Å². The minimum Gasteiger partial charge on any atom is -0.308 e. The van der Waals surface area contributed by atoms with Crippen molar-refractivity contribution in [1.82, 2.24) is 4.40 Å². The van der Waals surface area contributed by atoms with Gasteiger partial charge in [-0.05, 0) is 110 Å². The summed E-state index contributed by atoms with van der Waals surface area (Å²) in [6.07, 6.45) is 5.79. The predicted octanol–water partition coefficient (Wildman–Crippen LogP) is 11.7. The SMILES string of the molecule is CC1C=Cc2cc3c4cc(-c5cc(-c6ccccc6)ccc5C(C)C)cc5c6cc7ccccc7cc6n(c3cc2C1)c45. The van der Waals surface area contributed by atoms with Crippen LogP contribution >= 0.6 is 0 Å². The zero-order chi connectivity index (χ0) is 28.8. The first-order chi connectivity index (χ1) is 21.0. The third kappa shape index (κ3) is 3.64. The Labute approximate surface area is 252 Å². The van der Waals surface area contributed by atoms with Crippen molar-refractivity contribution in [3.63, 3.8) is 0 Å². The van der Waals surface area contributed by atoms with Gasteiger partial charge in [0.1, 0.15) is 0 Å². The molecule has 0 spiro atoms. The van der Waals surface area contributed by atoms with Gasteiger partial charge in [0.2, 0.25) is 0 Å². The summed E-state index contributed by atoms with van der Waals surface area (Å²) in [7, 11) is 0. The topological polar surface area (TPSA) is 4.41 Å². The zero-order valence-corrected chi connectivity index (χ0v) is 24.9. The molecule has 9 rings (SSSR count). The summed E-state index contributed by atoms with van der Waals surface area (Å²) >= 11 is 0. The van der Waals surface area contributed by atoms with E-state index in [1.54, 1.807) is 0 Å². The lowest BCUT2D eigenvalue weighted by Crippen LogP contribution is -2.03. The van der Waals surface area contributed by atoms with Crippen molar-refractivity contribution >= 4 is 54.9 Å². The maximum atomic E-state index is 2.55. The van der Waals surface area contributed by atoms with Crippen molar-refractivity contribution in [3.8, 4) is 22.3 Å². The fraction of sp³-hybridized carbons (Fsp3) is 0.143. The molecule has 0 N–H and O–H groups in total. The van der Waals surface area contributed by atoms with E-state index in [1.807, 2.05) is 0 Å². The Morgan fingerprint density at radius 3 is 2.09 bits per heavy atom. The van der Waals surface area contributed by atoms with Crippen LogP contribution in [0.5, 0.6) is 0 Å². The monoisotopic (exact) mass is 551 g/mol. The molecule has 1 nitrogen and oxygen atoms in total. The van der Waals surface area contributed by atoms with E-state index in [-0.39, 0.29) is 0 Å². The van der Waals surface area contributed by atoms with Gasteiger partial charge in [-0.1, -0.05) is 99.7 Å². The summed E-state index contributed by atoms with van der Waals surface area (Å²) < 4.78 is 2.55. The van der Waals surface area contributed by atoms with E-state index in [0.717, 1.165) is 6.42 Å². The Morgan fingerprint density at radius 1 is 0.628 bits per heavy atom. The molecule has 0 saturated carbocycles. The van der Waals surface area contributed by atoms with Gasteiger partial charge in [0.05, 0.1) is 16.6 Å². The van der Waals surface area contributed by atoms with Gasteiger partial charge in [-0.25, -0.2) is 0 Å². The van der Waals surface area contributed by atoms with Crippen LogP contribution in [0.1, 0.15) is 43.4 Å². The Kier molecular flexibility index (Phi) is 5.20. The molecule has 0 saturated heterocycles.